The number of hydrogen-bond donors (Lipinski definition) is 1. The van der Waals surface area contributed by atoms with Crippen molar-refractivity contribution in [1.82, 2.24) is 9.80 Å². The molecule has 5 nitrogen and oxygen atoms in total. The van der Waals surface area contributed by atoms with Gasteiger partial charge in [0, 0.05) is 23.7 Å². The molecule has 0 atom stereocenters. The molecule has 0 fully saturated rings. The normalized spacial score (nSPS) is 10.9. The molecule has 0 aliphatic carbocycles. The maximum absolute atomic E-state index is 12.7. The highest BCUT2D eigenvalue weighted by atomic mass is 79.9. The Labute approximate surface area is 173 Å². The van der Waals surface area contributed by atoms with Crippen LogP contribution >= 0.6 is 27.3 Å². The molecule has 1 aromatic carbocycles. The van der Waals surface area contributed by atoms with Gasteiger partial charge >= 0.3 is 0 Å². The molecule has 2 amide bonds. The van der Waals surface area contributed by atoms with Gasteiger partial charge in [0.25, 0.3) is 0 Å². The third-order valence-electron chi connectivity index (χ3n) is 4.06. The molecule has 2 rings (SSSR count). The summed E-state index contributed by atoms with van der Waals surface area (Å²) in [7, 11) is 1.92. The van der Waals surface area contributed by atoms with Crippen LogP contribution in [0.1, 0.15) is 23.8 Å². The molecule has 0 radical (unpaired) electrons. The number of rotatable bonds is 9. The minimum Gasteiger partial charge on any atom is -0.332 e. The summed E-state index contributed by atoms with van der Waals surface area (Å²) in [5, 5.41) is 2.90. The molecule has 0 spiro atoms. The van der Waals surface area contributed by atoms with E-state index in [4.69, 9.17) is 0 Å². The molecule has 1 heterocycles. The molecule has 7 heteroatoms. The van der Waals surface area contributed by atoms with Gasteiger partial charge in [-0.15, -0.1) is 11.3 Å². The number of amides is 2. The second kappa shape index (κ2) is 10.6. The van der Waals surface area contributed by atoms with Gasteiger partial charge in [0.1, 0.15) is 0 Å². The molecular weight excluding hydrogens is 426 g/mol. The van der Waals surface area contributed by atoms with Gasteiger partial charge in [-0.1, -0.05) is 25.1 Å². The Morgan fingerprint density at radius 3 is 2.52 bits per heavy atom. The Morgan fingerprint density at radius 2 is 1.89 bits per heavy atom. The Morgan fingerprint density at radius 1 is 1.15 bits per heavy atom. The van der Waals surface area contributed by atoms with Gasteiger partial charge in [-0.25, -0.2) is 0 Å². The predicted octanol–water partition coefficient (Wildman–Crippen LogP) is 4.13. The van der Waals surface area contributed by atoms with Crippen LogP contribution in [0.3, 0.4) is 0 Å². The number of carbonyl (C=O) groups is 2. The van der Waals surface area contributed by atoms with Gasteiger partial charge < -0.3 is 10.2 Å². The Hall–Kier alpha value is -1.70. The van der Waals surface area contributed by atoms with Crippen LogP contribution in [0.2, 0.25) is 0 Å². The van der Waals surface area contributed by atoms with E-state index in [1.807, 2.05) is 56.1 Å². The van der Waals surface area contributed by atoms with E-state index < -0.39 is 0 Å². The lowest BCUT2D eigenvalue weighted by Crippen LogP contribution is -2.43. The summed E-state index contributed by atoms with van der Waals surface area (Å²) in [5.41, 5.74) is 1.79. The highest BCUT2D eigenvalue weighted by molar-refractivity contribution is 9.11. The first-order chi connectivity index (χ1) is 12.9. The lowest BCUT2D eigenvalue weighted by Gasteiger charge is -2.24. The van der Waals surface area contributed by atoms with Crippen LogP contribution in [0.15, 0.2) is 40.2 Å². The Bertz CT molecular complexity index is 778. The fraction of sp³-hybridized carbons (Fsp3) is 0.400. The van der Waals surface area contributed by atoms with E-state index in [0.717, 1.165) is 21.5 Å². The number of carbonyl (C=O) groups excluding carboxylic acids is 2. The predicted molar refractivity (Wildman–Crippen MR) is 115 cm³/mol. The monoisotopic (exact) mass is 451 g/mol. The lowest BCUT2D eigenvalue weighted by molar-refractivity contribution is -0.135. The average molecular weight is 452 g/mol. The van der Waals surface area contributed by atoms with Crippen molar-refractivity contribution in [1.29, 1.82) is 0 Å². The van der Waals surface area contributed by atoms with E-state index in [1.165, 1.54) is 4.88 Å². The average Bonchev–Trinajstić information content (AvgIpc) is 3.01. The molecule has 0 aliphatic heterocycles. The van der Waals surface area contributed by atoms with Gasteiger partial charge in [0.15, 0.2) is 0 Å². The van der Waals surface area contributed by atoms with Crippen LogP contribution in [-0.2, 0) is 16.1 Å². The van der Waals surface area contributed by atoms with Gasteiger partial charge in [-0.3, -0.25) is 14.5 Å². The number of halogens is 1. The number of thiophene rings is 1. The second-order valence-electron chi connectivity index (χ2n) is 6.56. The molecule has 1 N–H and O–H groups in total. The quantitative estimate of drug-likeness (QED) is 0.623. The molecule has 0 saturated heterocycles. The Balaban J connectivity index is 1.91. The molecular formula is C20H26BrN3O2S. The Kier molecular flexibility index (Phi) is 8.47. The fourth-order valence-corrected chi connectivity index (χ4v) is 4.29. The highest BCUT2D eigenvalue weighted by Crippen LogP contribution is 2.23. The maximum atomic E-state index is 12.7. The first-order valence-electron chi connectivity index (χ1n) is 8.95. The van der Waals surface area contributed by atoms with E-state index in [9.17, 15) is 9.59 Å². The van der Waals surface area contributed by atoms with Crippen molar-refractivity contribution < 1.29 is 9.59 Å². The first-order valence-corrected chi connectivity index (χ1v) is 10.6. The number of likely N-dealkylation sites (N-methyl/N-ethyl adjacent to an activating group) is 1. The van der Waals surface area contributed by atoms with Gasteiger partial charge in [-0.05, 0) is 60.1 Å². The molecule has 0 bridgehead atoms. The van der Waals surface area contributed by atoms with E-state index >= 15 is 0 Å². The summed E-state index contributed by atoms with van der Waals surface area (Å²) >= 11 is 5.12. The summed E-state index contributed by atoms with van der Waals surface area (Å²) in [5.74, 6) is -0.203. The summed E-state index contributed by atoms with van der Waals surface area (Å²) in [4.78, 5) is 29.9. The van der Waals surface area contributed by atoms with Crippen LogP contribution in [0.4, 0.5) is 5.69 Å². The lowest BCUT2D eigenvalue weighted by atomic mass is 10.2. The zero-order valence-corrected chi connectivity index (χ0v) is 18.4. The van der Waals surface area contributed by atoms with Crippen molar-refractivity contribution in [3.63, 3.8) is 0 Å². The number of hydrogen-bond acceptors (Lipinski definition) is 4. The number of nitrogens with one attached hydrogen (secondary N) is 1. The summed E-state index contributed by atoms with van der Waals surface area (Å²) in [6.45, 7) is 5.58. The van der Waals surface area contributed by atoms with E-state index in [1.54, 1.807) is 16.2 Å². The molecule has 0 saturated carbocycles. The summed E-state index contributed by atoms with van der Waals surface area (Å²) < 4.78 is 1.08. The molecule has 0 unspecified atom stereocenters. The summed E-state index contributed by atoms with van der Waals surface area (Å²) in [6.07, 6.45) is 0.810. The SMILES string of the molecule is CCCN(CC(=O)Nc1ccccc1C)C(=O)CN(C)Cc1ccc(Br)s1. The van der Waals surface area contributed by atoms with Gasteiger partial charge in [0.2, 0.25) is 11.8 Å². The maximum Gasteiger partial charge on any atom is 0.244 e. The number of anilines is 1. The number of aryl methyl sites for hydroxylation is 1. The van der Waals surface area contributed by atoms with Crippen LogP contribution in [0.5, 0.6) is 0 Å². The minimum absolute atomic E-state index is 0.0325. The zero-order valence-electron chi connectivity index (χ0n) is 16.0. The number of benzene rings is 1. The van der Waals surface area contributed by atoms with Crippen LogP contribution in [-0.4, -0.2) is 48.3 Å². The molecule has 2 aromatic rings. The van der Waals surface area contributed by atoms with Crippen molar-refractivity contribution in [3.05, 3.63) is 50.6 Å². The van der Waals surface area contributed by atoms with Gasteiger partial charge in [0.05, 0.1) is 16.9 Å². The van der Waals surface area contributed by atoms with E-state index in [2.05, 4.69) is 27.3 Å². The number of para-hydroxylation sites is 1. The number of nitrogens with zero attached hydrogens (tertiary/aromatic N) is 2. The van der Waals surface area contributed by atoms with Crippen molar-refractivity contribution in [2.75, 3.05) is 32.0 Å². The third kappa shape index (κ3) is 7.08. The second-order valence-corrected chi connectivity index (χ2v) is 9.10. The standard InChI is InChI=1S/C20H26BrN3O2S/c1-4-11-24(13-19(25)22-17-8-6-5-7-15(17)2)20(26)14-23(3)12-16-9-10-18(21)27-16/h5-10H,4,11-14H2,1-3H3,(H,22,25). The topological polar surface area (TPSA) is 52.7 Å². The minimum atomic E-state index is -0.170. The molecule has 0 aliphatic rings. The summed E-state index contributed by atoms with van der Waals surface area (Å²) in [6, 6.07) is 11.7. The van der Waals surface area contributed by atoms with Gasteiger partial charge in [-0.2, -0.15) is 0 Å². The van der Waals surface area contributed by atoms with E-state index in [-0.39, 0.29) is 24.9 Å². The van der Waals surface area contributed by atoms with Crippen molar-refractivity contribution in [3.8, 4) is 0 Å². The van der Waals surface area contributed by atoms with E-state index in [0.29, 0.717) is 13.1 Å². The zero-order chi connectivity index (χ0) is 19.8. The smallest absolute Gasteiger partial charge is 0.244 e. The molecule has 27 heavy (non-hydrogen) atoms. The largest absolute Gasteiger partial charge is 0.332 e. The van der Waals surface area contributed by atoms with Crippen LogP contribution < -0.4 is 5.32 Å². The fourth-order valence-electron chi connectivity index (χ4n) is 2.73. The highest BCUT2D eigenvalue weighted by Gasteiger charge is 2.18. The first kappa shape index (κ1) is 21.6. The molecule has 1 aromatic heterocycles. The van der Waals surface area contributed by atoms with Crippen molar-refractivity contribution in [2.45, 2.75) is 26.8 Å². The third-order valence-corrected chi connectivity index (χ3v) is 5.67. The van der Waals surface area contributed by atoms with Crippen molar-refractivity contribution in [2.24, 2.45) is 0 Å². The van der Waals surface area contributed by atoms with Crippen molar-refractivity contribution >= 4 is 44.8 Å². The van der Waals surface area contributed by atoms with Crippen LogP contribution in [0.25, 0.3) is 0 Å². The van der Waals surface area contributed by atoms with Crippen LogP contribution in [0, 0.1) is 6.92 Å². The molecule has 146 valence electrons.